The van der Waals surface area contributed by atoms with Gasteiger partial charge in [0.1, 0.15) is 12.1 Å². The van der Waals surface area contributed by atoms with Crippen LogP contribution >= 0.6 is 11.8 Å². The quantitative estimate of drug-likeness (QED) is 0.713. The van der Waals surface area contributed by atoms with E-state index in [1.54, 1.807) is 18.6 Å². The number of hydrogen-bond acceptors (Lipinski definition) is 5. The van der Waals surface area contributed by atoms with Gasteiger partial charge < -0.3 is 5.32 Å². The van der Waals surface area contributed by atoms with Gasteiger partial charge in [0.15, 0.2) is 5.16 Å². The van der Waals surface area contributed by atoms with Crippen molar-refractivity contribution in [1.29, 1.82) is 0 Å². The second kappa shape index (κ2) is 7.48. The van der Waals surface area contributed by atoms with Gasteiger partial charge in [-0.3, -0.25) is 9.36 Å². The molecule has 1 aromatic carbocycles. The van der Waals surface area contributed by atoms with E-state index in [9.17, 15) is 4.79 Å². The Morgan fingerprint density at radius 1 is 1.16 bits per heavy atom. The molecule has 0 unspecified atom stereocenters. The molecule has 25 heavy (non-hydrogen) atoms. The molecule has 0 aliphatic heterocycles. The van der Waals surface area contributed by atoms with Crippen molar-refractivity contribution >= 4 is 23.5 Å². The lowest BCUT2D eigenvalue weighted by Crippen LogP contribution is -2.15. The summed E-state index contributed by atoms with van der Waals surface area (Å²) in [6.45, 7) is 6.09. The summed E-state index contributed by atoms with van der Waals surface area (Å²) in [5.74, 6) is 0.654. The molecule has 0 aliphatic rings. The van der Waals surface area contributed by atoms with Crippen LogP contribution in [0.15, 0.2) is 48.0 Å². The van der Waals surface area contributed by atoms with Gasteiger partial charge in [-0.2, -0.15) is 0 Å². The number of rotatable bonds is 5. The SMILES string of the molecule is Cc1ccc(NC(=O)CSc2nncn2-c2ccc(C)c(C)c2)nc1. The van der Waals surface area contributed by atoms with Crippen LogP contribution in [0, 0.1) is 20.8 Å². The highest BCUT2D eigenvalue weighted by atomic mass is 32.2. The summed E-state index contributed by atoms with van der Waals surface area (Å²) in [6, 6.07) is 9.86. The van der Waals surface area contributed by atoms with E-state index in [4.69, 9.17) is 0 Å². The van der Waals surface area contributed by atoms with Gasteiger partial charge in [0.25, 0.3) is 0 Å². The van der Waals surface area contributed by atoms with Crippen LogP contribution in [-0.4, -0.2) is 31.4 Å². The molecule has 0 saturated heterocycles. The van der Waals surface area contributed by atoms with Crippen LogP contribution in [-0.2, 0) is 4.79 Å². The summed E-state index contributed by atoms with van der Waals surface area (Å²) in [5, 5.41) is 11.5. The molecule has 0 bridgehead atoms. The number of benzene rings is 1. The second-order valence-electron chi connectivity index (χ2n) is 5.81. The first-order valence-electron chi connectivity index (χ1n) is 7.86. The predicted octanol–water partition coefficient (Wildman–Crippen LogP) is 3.32. The number of anilines is 1. The summed E-state index contributed by atoms with van der Waals surface area (Å²) < 4.78 is 1.88. The fourth-order valence-corrected chi connectivity index (χ4v) is 2.96. The number of carbonyl (C=O) groups is 1. The number of amides is 1. The van der Waals surface area contributed by atoms with Crippen LogP contribution in [0.4, 0.5) is 5.82 Å². The van der Waals surface area contributed by atoms with E-state index < -0.39 is 0 Å². The lowest BCUT2D eigenvalue weighted by atomic mass is 10.1. The maximum absolute atomic E-state index is 12.1. The van der Waals surface area contributed by atoms with Crippen LogP contribution in [0.1, 0.15) is 16.7 Å². The Morgan fingerprint density at radius 3 is 2.72 bits per heavy atom. The molecule has 3 aromatic rings. The third-order valence-corrected chi connectivity index (χ3v) is 4.74. The Morgan fingerprint density at radius 2 is 2.00 bits per heavy atom. The summed E-state index contributed by atoms with van der Waals surface area (Å²) in [5.41, 5.74) is 4.46. The summed E-state index contributed by atoms with van der Waals surface area (Å²) in [7, 11) is 0. The maximum atomic E-state index is 12.1. The van der Waals surface area contributed by atoms with Crippen molar-refractivity contribution in [2.75, 3.05) is 11.1 Å². The first-order valence-corrected chi connectivity index (χ1v) is 8.84. The van der Waals surface area contributed by atoms with E-state index in [2.05, 4.69) is 46.5 Å². The van der Waals surface area contributed by atoms with Gasteiger partial charge in [-0.15, -0.1) is 10.2 Å². The van der Waals surface area contributed by atoms with Gasteiger partial charge in [0.05, 0.1) is 5.75 Å². The van der Waals surface area contributed by atoms with Crippen LogP contribution in [0.25, 0.3) is 5.69 Å². The van der Waals surface area contributed by atoms with Crippen molar-refractivity contribution in [2.45, 2.75) is 25.9 Å². The number of aryl methyl sites for hydroxylation is 3. The van der Waals surface area contributed by atoms with Crippen molar-refractivity contribution in [3.8, 4) is 5.69 Å². The van der Waals surface area contributed by atoms with E-state index in [1.165, 1.54) is 22.9 Å². The van der Waals surface area contributed by atoms with E-state index >= 15 is 0 Å². The Kier molecular flexibility index (Phi) is 5.14. The number of hydrogen-bond donors (Lipinski definition) is 1. The number of nitrogens with one attached hydrogen (secondary N) is 1. The van der Waals surface area contributed by atoms with E-state index in [0.29, 0.717) is 11.0 Å². The first-order chi connectivity index (χ1) is 12.0. The third kappa shape index (κ3) is 4.24. The van der Waals surface area contributed by atoms with Gasteiger partial charge in [0, 0.05) is 11.9 Å². The number of aromatic nitrogens is 4. The van der Waals surface area contributed by atoms with Gasteiger partial charge in [-0.25, -0.2) is 4.98 Å². The van der Waals surface area contributed by atoms with E-state index in [1.807, 2.05) is 23.6 Å². The normalized spacial score (nSPS) is 10.7. The third-order valence-electron chi connectivity index (χ3n) is 3.80. The molecule has 2 aromatic heterocycles. The summed E-state index contributed by atoms with van der Waals surface area (Å²) in [4.78, 5) is 16.3. The molecule has 0 aliphatic carbocycles. The molecule has 0 saturated carbocycles. The zero-order chi connectivity index (χ0) is 17.8. The monoisotopic (exact) mass is 353 g/mol. The molecule has 0 radical (unpaired) electrons. The topological polar surface area (TPSA) is 72.7 Å². The molecule has 1 N–H and O–H groups in total. The predicted molar refractivity (Wildman–Crippen MR) is 99.2 cm³/mol. The van der Waals surface area contributed by atoms with Crippen molar-refractivity contribution < 1.29 is 4.79 Å². The lowest BCUT2D eigenvalue weighted by Gasteiger charge is -2.09. The van der Waals surface area contributed by atoms with E-state index in [-0.39, 0.29) is 11.7 Å². The molecule has 7 heteroatoms. The molecule has 0 spiro atoms. The number of carbonyl (C=O) groups excluding carboxylic acids is 1. The minimum absolute atomic E-state index is 0.129. The standard InChI is InChI=1S/C18H19N5OS/c1-12-4-7-16(19-9-12)21-17(24)10-25-18-22-20-11-23(18)15-6-5-13(2)14(3)8-15/h4-9,11H,10H2,1-3H3,(H,19,21,24). The average molecular weight is 353 g/mol. The fraction of sp³-hybridized carbons (Fsp3) is 0.222. The molecule has 0 fully saturated rings. The number of pyridine rings is 1. The number of nitrogens with zero attached hydrogens (tertiary/aromatic N) is 4. The van der Waals surface area contributed by atoms with Crippen molar-refractivity contribution in [3.05, 3.63) is 59.5 Å². The maximum Gasteiger partial charge on any atom is 0.236 e. The van der Waals surface area contributed by atoms with Gasteiger partial charge in [0.2, 0.25) is 5.91 Å². The zero-order valence-corrected chi connectivity index (χ0v) is 15.2. The minimum Gasteiger partial charge on any atom is -0.310 e. The zero-order valence-electron chi connectivity index (χ0n) is 14.4. The Bertz CT molecular complexity index is 889. The molecule has 6 nitrogen and oxygen atoms in total. The molecule has 2 heterocycles. The average Bonchev–Trinajstić information content (AvgIpc) is 3.06. The lowest BCUT2D eigenvalue weighted by molar-refractivity contribution is -0.113. The Balaban J connectivity index is 1.66. The Hall–Kier alpha value is -2.67. The molecular weight excluding hydrogens is 334 g/mol. The Labute approximate surface area is 150 Å². The first kappa shape index (κ1) is 17.2. The number of thioether (sulfide) groups is 1. The van der Waals surface area contributed by atoms with Crippen molar-refractivity contribution in [2.24, 2.45) is 0 Å². The molecule has 0 atom stereocenters. The largest absolute Gasteiger partial charge is 0.310 e. The van der Waals surface area contributed by atoms with Gasteiger partial charge in [-0.05, 0) is 55.7 Å². The highest BCUT2D eigenvalue weighted by Crippen LogP contribution is 2.21. The molecular formula is C18H19N5OS. The van der Waals surface area contributed by atoms with E-state index in [0.717, 1.165) is 11.3 Å². The van der Waals surface area contributed by atoms with Crippen LogP contribution < -0.4 is 5.32 Å². The van der Waals surface area contributed by atoms with Gasteiger partial charge >= 0.3 is 0 Å². The minimum atomic E-state index is -0.129. The highest BCUT2D eigenvalue weighted by molar-refractivity contribution is 7.99. The van der Waals surface area contributed by atoms with Crippen molar-refractivity contribution in [3.63, 3.8) is 0 Å². The molecule has 3 rings (SSSR count). The fourth-order valence-electron chi connectivity index (χ4n) is 2.23. The smallest absolute Gasteiger partial charge is 0.236 e. The highest BCUT2D eigenvalue weighted by Gasteiger charge is 2.11. The summed E-state index contributed by atoms with van der Waals surface area (Å²) in [6.07, 6.45) is 3.38. The summed E-state index contributed by atoms with van der Waals surface area (Å²) >= 11 is 1.34. The van der Waals surface area contributed by atoms with Crippen molar-refractivity contribution in [1.82, 2.24) is 19.7 Å². The van der Waals surface area contributed by atoms with Gasteiger partial charge in [-0.1, -0.05) is 23.9 Å². The van der Waals surface area contributed by atoms with Crippen LogP contribution in [0.5, 0.6) is 0 Å². The van der Waals surface area contributed by atoms with Crippen LogP contribution in [0.3, 0.4) is 0 Å². The second-order valence-corrected chi connectivity index (χ2v) is 6.75. The van der Waals surface area contributed by atoms with Crippen LogP contribution in [0.2, 0.25) is 0 Å². The molecule has 1 amide bonds. The molecule has 128 valence electrons.